The van der Waals surface area contributed by atoms with Gasteiger partial charge in [-0.1, -0.05) is 19.4 Å². The normalized spacial score (nSPS) is 15.4. The minimum absolute atomic E-state index is 0.0632. The van der Waals surface area contributed by atoms with Gasteiger partial charge in [-0.3, -0.25) is 14.6 Å². The van der Waals surface area contributed by atoms with E-state index >= 15 is 4.39 Å². The third kappa shape index (κ3) is 7.01. The summed E-state index contributed by atoms with van der Waals surface area (Å²) in [7, 11) is 1.59. The lowest BCUT2D eigenvalue weighted by atomic mass is 10.0. The molecule has 0 spiro atoms. The minimum Gasteiger partial charge on any atom is -0.495 e. The summed E-state index contributed by atoms with van der Waals surface area (Å²) in [5.41, 5.74) is 1.82. The number of nitrogens with zero attached hydrogens (tertiary/aromatic N) is 4. The lowest BCUT2D eigenvalue weighted by Gasteiger charge is -2.32. The molecule has 6 rings (SSSR count). The van der Waals surface area contributed by atoms with E-state index in [9.17, 15) is 9.59 Å². The van der Waals surface area contributed by atoms with Crippen molar-refractivity contribution in [3.05, 3.63) is 79.2 Å². The molecule has 12 heteroatoms. The molecule has 1 saturated heterocycles. The van der Waals surface area contributed by atoms with Gasteiger partial charge in [-0.05, 0) is 56.0 Å². The van der Waals surface area contributed by atoms with E-state index in [1.54, 1.807) is 36.3 Å². The first-order chi connectivity index (χ1) is 22.4. The van der Waals surface area contributed by atoms with E-state index < -0.39 is 5.82 Å². The number of nitrogens with one attached hydrogen (secondary N) is 3. The van der Waals surface area contributed by atoms with Crippen LogP contribution < -0.4 is 25.4 Å². The third-order valence-electron chi connectivity index (χ3n) is 8.38. The quantitative estimate of drug-likeness (QED) is 0.183. The Morgan fingerprint density at radius 2 is 1.74 bits per heavy atom. The highest BCUT2D eigenvalue weighted by Gasteiger charge is 2.23. The van der Waals surface area contributed by atoms with Crippen molar-refractivity contribution in [1.29, 1.82) is 0 Å². The third-order valence-corrected chi connectivity index (χ3v) is 8.38. The number of likely N-dealkylation sites (tertiary alicyclic amines) is 1. The van der Waals surface area contributed by atoms with Gasteiger partial charge in [-0.2, -0.15) is 0 Å². The molecule has 46 heavy (non-hydrogen) atoms. The molecule has 3 heterocycles. The fourth-order valence-electron chi connectivity index (χ4n) is 5.91. The Morgan fingerprint density at radius 3 is 2.48 bits per heavy atom. The van der Waals surface area contributed by atoms with Crippen molar-refractivity contribution < 1.29 is 23.5 Å². The van der Waals surface area contributed by atoms with Crippen LogP contribution in [0, 0.1) is 5.82 Å². The van der Waals surface area contributed by atoms with Crippen molar-refractivity contribution in [2.24, 2.45) is 0 Å². The van der Waals surface area contributed by atoms with E-state index in [0.29, 0.717) is 41.3 Å². The fourth-order valence-corrected chi connectivity index (χ4v) is 5.91. The van der Waals surface area contributed by atoms with Crippen molar-refractivity contribution in [3.63, 3.8) is 0 Å². The van der Waals surface area contributed by atoms with Crippen LogP contribution in [-0.4, -0.2) is 63.9 Å². The van der Waals surface area contributed by atoms with Gasteiger partial charge in [-0.25, -0.2) is 14.4 Å². The van der Waals surface area contributed by atoms with Crippen LogP contribution in [0.2, 0.25) is 0 Å². The number of aromatic nitrogens is 3. The zero-order chi connectivity index (χ0) is 32.0. The Labute approximate surface area is 266 Å². The Bertz CT molecular complexity index is 1750. The summed E-state index contributed by atoms with van der Waals surface area (Å²) in [6.45, 7) is 4.84. The molecule has 0 bridgehead atoms. The Hall–Kier alpha value is -5.26. The summed E-state index contributed by atoms with van der Waals surface area (Å²) < 4.78 is 26.9. The summed E-state index contributed by atoms with van der Waals surface area (Å²) in [5, 5.41) is 10.3. The summed E-state index contributed by atoms with van der Waals surface area (Å²) in [6, 6.07) is 11.6. The Balaban J connectivity index is 1.16. The smallest absolute Gasteiger partial charge is 0.270 e. The molecular weight excluding hydrogens is 589 g/mol. The molecule has 1 aliphatic carbocycles. The molecule has 3 N–H and O–H groups in total. The first-order valence-electron chi connectivity index (χ1n) is 15.4. The lowest BCUT2D eigenvalue weighted by Crippen LogP contribution is -2.41. The monoisotopic (exact) mass is 625 g/mol. The molecule has 2 amide bonds. The second-order valence-electron chi connectivity index (χ2n) is 11.4. The molecule has 4 aromatic rings. The molecule has 2 fully saturated rings. The van der Waals surface area contributed by atoms with Gasteiger partial charge in [0.2, 0.25) is 5.91 Å². The molecule has 238 valence electrons. The van der Waals surface area contributed by atoms with E-state index in [2.05, 4.69) is 37.5 Å². The number of halogens is 1. The van der Waals surface area contributed by atoms with Crippen molar-refractivity contribution >= 4 is 39.9 Å². The van der Waals surface area contributed by atoms with E-state index in [1.165, 1.54) is 24.7 Å². The molecule has 1 saturated carbocycles. The fraction of sp³-hybridized carbons (Fsp3) is 0.324. The number of carbonyl (C=O) groups is 2. The first-order valence-corrected chi connectivity index (χ1v) is 15.4. The molecule has 0 atom stereocenters. The van der Waals surface area contributed by atoms with Gasteiger partial charge in [-0.15, -0.1) is 0 Å². The van der Waals surface area contributed by atoms with Crippen LogP contribution in [0.25, 0.3) is 10.9 Å². The van der Waals surface area contributed by atoms with Gasteiger partial charge in [0.1, 0.15) is 40.9 Å². The van der Waals surface area contributed by atoms with Crippen LogP contribution in [0.5, 0.6) is 17.2 Å². The van der Waals surface area contributed by atoms with Crippen molar-refractivity contribution in [1.82, 2.24) is 25.2 Å². The lowest BCUT2D eigenvalue weighted by molar-refractivity contribution is -0.126. The number of methoxy groups -OCH3 is 1. The van der Waals surface area contributed by atoms with E-state index in [-0.39, 0.29) is 41.0 Å². The summed E-state index contributed by atoms with van der Waals surface area (Å²) in [6.07, 6.45) is 9.94. The van der Waals surface area contributed by atoms with Crippen LogP contribution in [0.4, 0.5) is 21.6 Å². The molecule has 11 nitrogen and oxygen atoms in total. The number of amides is 2. The maximum absolute atomic E-state index is 15.4. The van der Waals surface area contributed by atoms with Gasteiger partial charge in [0.15, 0.2) is 0 Å². The average molecular weight is 626 g/mol. The highest BCUT2D eigenvalue weighted by Crippen LogP contribution is 2.35. The maximum Gasteiger partial charge on any atom is 0.270 e. The number of piperidine rings is 1. The molecule has 0 unspecified atom stereocenters. The highest BCUT2D eigenvalue weighted by atomic mass is 19.1. The number of hydrogen-bond donors (Lipinski definition) is 3. The van der Waals surface area contributed by atoms with E-state index in [0.717, 1.165) is 44.2 Å². The van der Waals surface area contributed by atoms with Gasteiger partial charge in [0.25, 0.3) is 5.91 Å². The first kappa shape index (κ1) is 30.8. The van der Waals surface area contributed by atoms with Gasteiger partial charge >= 0.3 is 0 Å². The number of fused-ring (bicyclic) bond motifs is 1. The van der Waals surface area contributed by atoms with Gasteiger partial charge in [0, 0.05) is 55.0 Å². The number of rotatable bonds is 10. The molecule has 2 aromatic carbocycles. The predicted molar refractivity (Wildman–Crippen MR) is 173 cm³/mol. The number of anilines is 3. The Morgan fingerprint density at radius 1 is 0.957 bits per heavy atom. The molecule has 2 aliphatic rings. The number of benzene rings is 2. The second-order valence-corrected chi connectivity index (χ2v) is 11.4. The highest BCUT2D eigenvalue weighted by molar-refractivity contribution is 5.95. The Kier molecular flexibility index (Phi) is 9.23. The number of carbonyl (C=O) groups excluding carboxylic acids is 2. The molecule has 2 aromatic heterocycles. The maximum atomic E-state index is 15.4. The largest absolute Gasteiger partial charge is 0.495 e. The predicted octanol–water partition coefficient (Wildman–Crippen LogP) is 5.97. The second kappa shape index (κ2) is 13.8. The van der Waals surface area contributed by atoms with Crippen LogP contribution in [0.1, 0.15) is 49.0 Å². The van der Waals surface area contributed by atoms with Crippen LogP contribution >= 0.6 is 0 Å². The number of ether oxygens (including phenoxy) is 2. The molecule has 1 aliphatic heterocycles. The summed E-state index contributed by atoms with van der Waals surface area (Å²) >= 11 is 0. The van der Waals surface area contributed by atoms with Crippen LogP contribution in [0.3, 0.4) is 0 Å². The SMILES string of the molecule is C=CC(=O)N1CCC(Nc2cc3c(Nc4ccc(Oc5ccnc(C(=O)NC6CCCC6)c5)cc4F)ncnc3cc2OC)CC1. The van der Waals surface area contributed by atoms with Crippen LogP contribution in [0.15, 0.2) is 67.6 Å². The number of pyridine rings is 1. The number of hydrogen-bond acceptors (Lipinski definition) is 9. The van der Waals surface area contributed by atoms with E-state index in [4.69, 9.17) is 9.47 Å². The summed E-state index contributed by atoms with van der Waals surface area (Å²) in [4.78, 5) is 39.3. The zero-order valence-corrected chi connectivity index (χ0v) is 25.6. The standard InChI is InChI=1S/C34H36FN7O4/c1-3-32(43)42-14-11-22(12-15-42)39-29-18-25-28(19-31(29)45-2)37-20-38-33(25)41-27-9-8-23(16-26(27)35)46-24-10-13-36-30(17-24)34(44)40-21-6-4-5-7-21/h3,8-10,13,16-22,39H,1,4-7,11-12,14-15H2,2H3,(H,40,44)(H,37,38,41). The topological polar surface area (TPSA) is 131 Å². The zero-order valence-electron chi connectivity index (χ0n) is 25.6. The van der Waals surface area contributed by atoms with Crippen molar-refractivity contribution in [2.45, 2.75) is 50.6 Å². The van der Waals surface area contributed by atoms with E-state index in [1.807, 2.05) is 12.1 Å². The van der Waals surface area contributed by atoms with Gasteiger partial charge < -0.3 is 30.3 Å². The van der Waals surface area contributed by atoms with Gasteiger partial charge in [0.05, 0.1) is 24.0 Å². The van der Waals surface area contributed by atoms with Crippen LogP contribution in [-0.2, 0) is 4.79 Å². The van der Waals surface area contributed by atoms with Crippen molar-refractivity contribution in [3.8, 4) is 17.2 Å². The molecule has 0 radical (unpaired) electrons. The molecular formula is C34H36FN7O4. The van der Waals surface area contributed by atoms with Crippen molar-refractivity contribution in [2.75, 3.05) is 30.8 Å². The average Bonchev–Trinajstić information content (AvgIpc) is 3.59. The summed E-state index contributed by atoms with van der Waals surface area (Å²) in [5.74, 6) is 0.811. The minimum atomic E-state index is -0.551.